The zero-order chi connectivity index (χ0) is 14.8. The van der Waals surface area contributed by atoms with Gasteiger partial charge in [0.1, 0.15) is 12.4 Å². The van der Waals surface area contributed by atoms with Gasteiger partial charge in [0.25, 0.3) is 0 Å². The Hall–Kier alpha value is -2.04. The van der Waals surface area contributed by atoms with Crippen molar-refractivity contribution in [3.8, 4) is 5.75 Å². The van der Waals surface area contributed by atoms with E-state index in [1.807, 2.05) is 6.07 Å². The van der Waals surface area contributed by atoms with Crippen LogP contribution in [-0.2, 0) is 9.53 Å². The molecule has 1 saturated heterocycles. The van der Waals surface area contributed by atoms with Gasteiger partial charge in [-0.05, 0) is 18.6 Å². The number of rotatable bonds is 4. The number of benzene rings is 1. The van der Waals surface area contributed by atoms with Crippen molar-refractivity contribution in [1.82, 2.24) is 4.90 Å². The molecule has 1 N–H and O–H groups in total. The summed E-state index contributed by atoms with van der Waals surface area (Å²) in [6.45, 7) is 2.84. The van der Waals surface area contributed by atoms with Crippen molar-refractivity contribution in [2.45, 2.75) is 32.6 Å². The number of hydrogen-bond donors (Lipinski definition) is 1. The van der Waals surface area contributed by atoms with Crippen LogP contribution in [0.4, 0.5) is 4.79 Å². The Balaban J connectivity index is 0.000000240. The maximum Gasteiger partial charge on any atom is 0.416 e. The highest BCUT2D eigenvalue weighted by Crippen LogP contribution is 2.08. The SMILES string of the molecule is CCCCCC(=O)N1CCOC1=O.Oc1ccccc1. The number of nitrogens with zero attached hydrogens (tertiary/aromatic N) is 1. The fourth-order valence-electron chi connectivity index (χ4n) is 1.71. The van der Waals surface area contributed by atoms with Crippen molar-refractivity contribution in [2.24, 2.45) is 0 Å². The zero-order valence-electron chi connectivity index (χ0n) is 11.7. The van der Waals surface area contributed by atoms with E-state index >= 15 is 0 Å². The lowest BCUT2D eigenvalue weighted by Crippen LogP contribution is -2.31. The number of amides is 2. The van der Waals surface area contributed by atoms with Crippen LogP contribution < -0.4 is 0 Å². The summed E-state index contributed by atoms with van der Waals surface area (Å²) in [5.41, 5.74) is 0. The van der Waals surface area contributed by atoms with Gasteiger partial charge in [-0.2, -0.15) is 0 Å². The van der Waals surface area contributed by atoms with Gasteiger partial charge in [0, 0.05) is 6.42 Å². The Kier molecular flexibility index (Phi) is 7.17. The van der Waals surface area contributed by atoms with E-state index in [-0.39, 0.29) is 5.91 Å². The quantitative estimate of drug-likeness (QED) is 0.860. The van der Waals surface area contributed by atoms with E-state index in [0.717, 1.165) is 19.3 Å². The lowest BCUT2D eigenvalue weighted by Gasteiger charge is -2.09. The summed E-state index contributed by atoms with van der Waals surface area (Å²) in [6, 6.07) is 8.71. The minimum atomic E-state index is -0.485. The summed E-state index contributed by atoms with van der Waals surface area (Å²) in [5, 5.41) is 8.63. The molecule has 0 unspecified atom stereocenters. The second-order valence-electron chi connectivity index (χ2n) is 4.45. The molecule has 1 aliphatic heterocycles. The number of phenolic OH excluding ortho intramolecular Hbond substituents is 1. The van der Waals surface area contributed by atoms with E-state index < -0.39 is 6.09 Å². The molecule has 1 aromatic carbocycles. The number of phenols is 1. The van der Waals surface area contributed by atoms with Gasteiger partial charge in [0.2, 0.25) is 5.91 Å². The number of cyclic esters (lactones) is 1. The second-order valence-corrected chi connectivity index (χ2v) is 4.45. The smallest absolute Gasteiger partial charge is 0.416 e. The molecule has 0 atom stereocenters. The molecule has 5 nitrogen and oxygen atoms in total. The van der Waals surface area contributed by atoms with Crippen LogP contribution in [0, 0.1) is 0 Å². The Morgan fingerprint density at radius 3 is 2.45 bits per heavy atom. The van der Waals surface area contributed by atoms with Gasteiger partial charge in [0.15, 0.2) is 0 Å². The topological polar surface area (TPSA) is 66.8 Å². The Morgan fingerprint density at radius 1 is 1.30 bits per heavy atom. The summed E-state index contributed by atoms with van der Waals surface area (Å²) < 4.78 is 4.66. The normalized spacial score (nSPS) is 13.4. The van der Waals surface area contributed by atoms with E-state index in [2.05, 4.69) is 11.7 Å². The second kappa shape index (κ2) is 8.96. The van der Waals surface area contributed by atoms with E-state index in [9.17, 15) is 9.59 Å². The highest BCUT2D eigenvalue weighted by atomic mass is 16.6. The maximum atomic E-state index is 11.4. The van der Waals surface area contributed by atoms with Gasteiger partial charge in [-0.15, -0.1) is 0 Å². The van der Waals surface area contributed by atoms with E-state index in [4.69, 9.17) is 5.11 Å². The van der Waals surface area contributed by atoms with Crippen LogP contribution in [0.1, 0.15) is 32.6 Å². The van der Waals surface area contributed by atoms with Gasteiger partial charge < -0.3 is 9.84 Å². The van der Waals surface area contributed by atoms with Crippen LogP contribution in [0.5, 0.6) is 5.75 Å². The molecule has 1 aliphatic rings. The summed E-state index contributed by atoms with van der Waals surface area (Å²) in [4.78, 5) is 23.5. The minimum Gasteiger partial charge on any atom is -0.508 e. The summed E-state index contributed by atoms with van der Waals surface area (Å²) in [5.74, 6) is 0.221. The molecule has 5 heteroatoms. The molecule has 0 bridgehead atoms. The number of unbranched alkanes of at least 4 members (excludes halogenated alkanes) is 2. The Bertz CT molecular complexity index is 419. The van der Waals surface area contributed by atoms with Crippen molar-refractivity contribution < 1.29 is 19.4 Å². The van der Waals surface area contributed by atoms with Gasteiger partial charge in [0.05, 0.1) is 6.54 Å². The number of para-hydroxylation sites is 1. The number of hydrogen-bond acceptors (Lipinski definition) is 4. The zero-order valence-corrected chi connectivity index (χ0v) is 11.7. The van der Waals surface area contributed by atoms with Crippen LogP contribution in [0.25, 0.3) is 0 Å². The maximum absolute atomic E-state index is 11.4. The number of carbonyl (C=O) groups excluding carboxylic acids is 2. The molecule has 110 valence electrons. The van der Waals surface area contributed by atoms with Crippen molar-refractivity contribution >= 4 is 12.0 Å². The number of ether oxygens (including phenoxy) is 1. The fourth-order valence-corrected chi connectivity index (χ4v) is 1.71. The molecule has 0 spiro atoms. The lowest BCUT2D eigenvalue weighted by molar-refractivity contribution is -0.127. The molecule has 1 heterocycles. The third-order valence-electron chi connectivity index (χ3n) is 2.81. The monoisotopic (exact) mass is 279 g/mol. The molecule has 1 aromatic rings. The van der Waals surface area contributed by atoms with Gasteiger partial charge >= 0.3 is 6.09 Å². The van der Waals surface area contributed by atoms with Gasteiger partial charge in [-0.25, -0.2) is 9.69 Å². The molecule has 20 heavy (non-hydrogen) atoms. The average Bonchev–Trinajstić information content (AvgIpc) is 2.87. The van der Waals surface area contributed by atoms with Crippen LogP contribution >= 0.6 is 0 Å². The summed E-state index contributed by atoms with van der Waals surface area (Å²) >= 11 is 0. The predicted molar refractivity (Wildman–Crippen MR) is 75.3 cm³/mol. The third kappa shape index (κ3) is 5.73. The van der Waals surface area contributed by atoms with Gasteiger partial charge in [-0.3, -0.25) is 4.79 Å². The lowest BCUT2D eigenvalue weighted by atomic mass is 10.2. The predicted octanol–water partition coefficient (Wildman–Crippen LogP) is 2.94. The van der Waals surface area contributed by atoms with E-state index in [1.54, 1.807) is 24.3 Å². The largest absolute Gasteiger partial charge is 0.508 e. The third-order valence-corrected chi connectivity index (χ3v) is 2.81. The molecule has 2 amide bonds. The first-order valence-corrected chi connectivity index (χ1v) is 6.86. The molecule has 2 rings (SSSR count). The molecule has 0 saturated carbocycles. The number of aromatic hydroxyl groups is 1. The Morgan fingerprint density at radius 2 is 2.00 bits per heavy atom. The van der Waals surface area contributed by atoms with Crippen LogP contribution in [0.2, 0.25) is 0 Å². The molecular formula is C15H21NO4. The van der Waals surface area contributed by atoms with Crippen molar-refractivity contribution in [3.63, 3.8) is 0 Å². The molecule has 0 aliphatic carbocycles. The first-order chi connectivity index (χ1) is 9.65. The Labute approximate surface area is 119 Å². The fraction of sp³-hybridized carbons (Fsp3) is 0.467. The first kappa shape index (κ1) is 16.0. The highest BCUT2D eigenvalue weighted by molar-refractivity contribution is 5.92. The summed E-state index contributed by atoms with van der Waals surface area (Å²) in [6.07, 6.45) is 2.95. The van der Waals surface area contributed by atoms with Crippen LogP contribution in [-0.4, -0.2) is 35.2 Å². The van der Waals surface area contributed by atoms with E-state index in [1.165, 1.54) is 4.90 Å². The standard InChI is InChI=1S/C9H15NO3.C6H6O/c1-2-3-4-5-8(11)10-6-7-13-9(10)12;7-6-4-2-1-3-5-6/h2-7H2,1H3;1-5,7H. The van der Waals surface area contributed by atoms with E-state index in [0.29, 0.717) is 25.3 Å². The average molecular weight is 279 g/mol. The minimum absolute atomic E-state index is 0.101. The summed E-state index contributed by atoms with van der Waals surface area (Å²) in [7, 11) is 0. The molecular weight excluding hydrogens is 258 g/mol. The number of carbonyl (C=O) groups is 2. The van der Waals surface area contributed by atoms with Crippen LogP contribution in [0.15, 0.2) is 30.3 Å². The van der Waals surface area contributed by atoms with Crippen molar-refractivity contribution in [2.75, 3.05) is 13.2 Å². The number of imide groups is 1. The molecule has 0 radical (unpaired) electrons. The molecule has 0 aromatic heterocycles. The first-order valence-electron chi connectivity index (χ1n) is 6.86. The van der Waals surface area contributed by atoms with Crippen molar-refractivity contribution in [1.29, 1.82) is 0 Å². The van der Waals surface area contributed by atoms with Crippen LogP contribution in [0.3, 0.4) is 0 Å². The highest BCUT2D eigenvalue weighted by Gasteiger charge is 2.27. The molecule has 1 fully saturated rings. The van der Waals surface area contributed by atoms with Gasteiger partial charge in [-0.1, -0.05) is 38.0 Å². The van der Waals surface area contributed by atoms with Crippen molar-refractivity contribution in [3.05, 3.63) is 30.3 Å².